The van der Waals surface area contributed by atoms with E-state index in [1.165, 1.54) is 42.5 Å². The van der Waals surface area contributed by atoms with Gasteiger partial charge < -0.3 is 10.1 Å². The van der Waals surface area contributed by atoms with Gasteiger partial charge in [0.25, 0.3) is 10.0 Å². The minimum atomic E-state index is -4.08. The van der Waals surface area contributed by atoms with Gasteiger partial charge in [0, 0.05) is 10.7 Å². The minimum Gasteiger partial charge on any atom is -0.462 e. The second-order valence-electron chi connectivity index (χ2n) is 5.23. The lowest BCUT2D eigenvalue weighted by atomic mass is 10.2. The lowest BCUT2D eigenvalue weighted by Gasteiger charge is -2.10. The van der Waals surface area contributed by atoms with Crippen molar-refractivity contribution in [3.63, 3.8) is 0 Å². The fraction of sp³-hybridized carbons (Fsp3) is 0.176. The molecule has 0 saturated heterocycles. The van der Waals surface area contributed by atoms with Crippen molar-refractivity contribution in [2.24, 2.45) is 0 Å². The number of anilines is 1. The molecule has 2 aromatic rings. The van der Waals surface area contributed by atoms with Gasteiger partial charge in [0.05, 0.1) is 17.1 Å². The van der Waals surface area contributed by atoms with Gasteiger partial charge in [-0.1, -0.05) is 30.7 Å². The second kappa shape index (κ2) is 8.68. The fourth-order valence-electron chi connectivity index (χ4n) is 1.97. The van der Waals surface area contributed by atoms with Crippen molar-refractivity contribution in [3.05, 3.63) is 59.1 Å². The highest BCUT2D eigenvalue weighted by molar-refractivity contribution is 7.90. The number of hydrogen-bond donors (Lipinski definition) is 2. The van der Waals surface area contributed by atoms with Gasteiger partial charge in [-0.15, -0.1) is 0 Å². The summed E-state index contributed by atoms with van der Waals surface area (Å²) in [5.74, 6) is -0.526. The highest BCUT2D eigenvalue weighted by Crippen LogP contribution is 2.16. The molecule has 0 spiro atoms. The maximum absolute atomic E-state index is 12.2. The number of urea groups is 1. The number of esters is 1. The Labute approximate surface area is 156 Å². The quantitative estimate of drug-likeness (QED) is 0.728. The van der Waals surface area contributed by atoms with Gasteiger partial charge in [-0.25, -0.2) is 22.7 Å². The van der Waals surface area contributed by atoms with E-state index in [0.717, 1.165) is 0 Å². The molecule has 0 aliphatic rings. The van der Waals surface area contributed by atoms with E-state index in [1.807, 2.05) is 11.6 Å². The zero-order valence-corrected chi connectivity index (χ0v) is 15.4. The number of nitrogens with one attached hydrogen (secondary N) is 2. The summed E-state index contributed by atoms with van der Waals surface area (Å²) in [5.41, 5.74) is 0.490. The number of rotatable bonds is 6. The van der Waals surface area contributed by atoms with E-state index in [2.05, 4.69) is 5.32 Å². The van der Waals surface area contributed by atoms with Crippen molar-refractivity contribution in [3.8, 4) is 0 Å². The first-order valence-electron chi connectivity index (χ1n) is 7.68. The lowest BCUT2D eigenvalue weighted by molar-refractivity contribution is 0.0505. The van der Waals surface area contributed by atoms with E-state index in [1.54, 1.807) is 6.07 Å². The van der Waals surface area contributed by atoms with Crippen LogP contribution in [0.2, 0.25) is 5.02 Å². The molecule has 0 saturated carbocycles. The van der Waals surface area contributed by atoms with Crippen LogP contribution in [0.25, 0.3) is 0 Å². The lowest BCUT2D eigenvalue weighted by Crippen LogP contribution is -2.34. The highest BCUT2D eigenvalue weighted by atomic mass is 35.5. The second-order valence-corrected chi connectivity index (χ2v) is 7.35. The predicted octanol–water partition coefficient (Wildman–Crippen LogP) is 3.42. The van der Waals surface area contributed by atoms with E-state index < -0.39 is 22.0 Å². The average Bonchev–Trinajstić information content (AvgIpc) is 2.59. The Bertz CT molecular complexity index is 915. The number of ether oxygens (including phenoxy) is 1. The van der Waals surface area contributed by atoms with Crippen LogP contribution in [-0.2, 0) is 14.8 Å². The smallest absolute Gasteiger partial charge is 0.338 e. The summed E-state index contributed by atoms with van der Waals surface area (Å²) in [5, 5.41) is 2.59. The van der Waals surface area contributed by atoms with E-state index in [-0.39, 0.29) is 27.8 Å². The van der Waals surface area contributed by atoms with E-state index >= 15 is 0 Å². The van der Waals surface area contributed by atoms with Gasteiger partial charge in [0.1, 0.15) is 0 Å². The zero-order chi connectivity index (χ0) is 19.2. The normalized spacial score (nSPS) is 10.8. The van der Waals surface area contributed by atoms with Gasteiger partial charge in [-0.05, 0) is 42.8 Å². The molecule has 0 unspecified atom stereocenters. The van der Waals surface area contributed by atoms with Crippen molar-refractivity contribution in [2.75, 3.05) is 11.9 Å². The molecule has 0 heterocycles. The summed E-state index contributed by atoms with van der Waals surface area (Å²) in [6.45, 7) is 2.16. The molecule has 9 heteroatoms. The van der Waals surface area contributed by atoms with Crippen LogP contribution in [0.3, 0.4) is 0 Å². The summed E-state index contributed by atoms with van der Waals surface area (Å²) >= 11 is 5.76. The molecule has 138 valence electrons. The van der Waals surface area contributed by atoms with Gasteiger partial charge in [0.15, 0.2) is 0 Å². The maximum Gasteiger partial charge on any atom is 0.338 e. The molecule has 0 bridgehead atoms. The van der Waals surface area contributed by atoms with Crippen LogP contribution in [-0.4, -0.2) is 27.0 Å². The summed E-state index contributed by atoms with van der Waals surface area (Å²) in [6, 6.07) is 10.5. The predicted molar refractivity (Wildman–Crippen MR) is 97.8 cm³/mol. The molecule has 2 amide bonds. The molecule has 7 nitrogen and oxygen atoms in total. The molecule has 0 aliphatic carbocycles. The van der Waals surface area contributed by atoms with Crippen LogP contribution in [0.15, 0.2) is 53.4 Å². The fourth-order valence-corrected chi connectivity index (χ4v) is 3.18. The van der Waals surface area contributed by atoms with Crippen LogP contribution >= 0.6 is 11.6 Å². The molecule has 2 rings (SSSR count). The molecule has 0 fully saturated rings. The molecule has 0 aliphatic heterocycles. The summed E-state index contributed by atoms with van der Waals surface area (Å²) in [4.78, 5) is 23.7. The van der Waals surface area contributed by atoms with Crippen molar-refractivity contribution < 1.29 is 22.7 Å². The Morgan fingerprint density at radius 3 is 2.54 bits per heavy atom. The maximum atomic E-state index is 12.2. The van der Waals surface area contributed by atoms with E-state index in [9.17, 15) is 18.0 Å². The molecular weight excluding hydrogens is 380 g/mol. The third-order valence-corrected chi connectivity index (χ3v) is 4.69. The molecule has 2 aromatic carbocycles. The van der Waals surface area contributed by atoms with Gasteiger partial charge in [-0.2, -0.15) is 0 Å². The Balaban J connectivity index is 2.07. The summed E-state index contributed by atoms with van der Waals surface area (Å²) in [7, 11) is -4.08. The van der Waals surface area contributed by atoms with E-state index in [0.29, 0.717) is 6.42 Å². The zero-order valence-electron chi connectivity index (χ0n) is 13.9. The third-order valence-electron chi connectivity index (χ3n) is 3.13. The number of halogens is 1. The topological polar surface area (TPSA) is 102 Å². The number of amides is 2. The summed E-state index contributed by atoms with van der Waals surface area (Å²) < 4.78 is 31.2. The van der Waals surface area contributed by atoms with Crippen LogP contribution < -0.4 is 10.0 Å². The van der Waals surface area contributed by atoms with Crippen molar-refractivity contribution in [1.82, 2.24) is 4.72 Å². The number of benzene rings is 2. The third kappa shape index (κ3) is 5.47. The van der Waals surface area contributed by atoms with Gasteiger partial charge in [0.2, 0.25) is 0 Å². The number of sulfonamides is 1. The molecule has 0 radical (unpaired) electrons. The molecule has 2 N–H and O–H groups in total. The van der Waals surface area contributed by atoms with E-state index in [4.69, 9.17) is 16.3 Å². The van der Waals surface area contributed by atoms with Crippen molar-refractivity contribution in [2.45, 2.75) is 18.2 Å². The number of carbonyl (C=O) groups is 2. The SMILES string of the molecule is CCCOC(=O)c1cccc(NC(=O)NS(=O)(=O)c2cccc(Cl)c2)c1. The highest BCUT2D eigenvalue weighted by Gasteiger charge is 2.18. The summed E-state index contributed by atoms with van der Waals surface area (Å²) in [6.07, 6.45) is 0.688. The Morgan fingerprint density at radius 2 is 1.85 bits per heavy atom. The largest absolute Gasteiger partial charge is 0.462 e. The van der Waals surface area contributed by atoms with Crippen LogP contribution in [0, 0.1) is 0 Å². The van der Waals surface area contributed by atoms with Gasteiger partial charge >= 0.3 is 12.0 Å². The molecular formula is C17H17ClN2O5S. The monoisotopic (exact) mass is 396 g/mol. The van der Waals surface area contributed by atoms with Crippen LogP contribution in [0.4, 0.5) is 10.5 Å². The average molecular weight is 397 g/mol. The van der Waals surface area contributed by atoms with Crippen molar-refractivity contribution >= 4 is 39.3 Å². The molecule has 0 atom stereocenters. The Hall–Kier alpha value is -2.58. The molecule has 26 heavy (non-hydrogen) atoms. The standard InChI is InChI=1S/C17H17ClN2O5S/c1-2-9-25-16(21)12-5-3-7-14(10-12)19-17(22)20-26(23,24)15-8-4-6-13(18)11-15/h3-8,10-11H,2,9H2,1H3,(H2,19,20,22). The number of carbonyl (C=O) groups excluding carboxylic acids is 2. The first kappa shape index (κ1) is 19.7. The first-order chi connectivity index (χ1) is 12.3. The number of hydrogen-bond acceptors (Lipinski definition) is 5. The molecule has 0 aromatic heterocycles. The first-order valence-corrected chi connectivity index (χ1v) is 9.54. The van der Waals surface area contributed by atoms with Crippen molar-refractivity contribution in [1.29, 1.82) is 0 Å². The van der Waals surface area contributed by atoms with Crippen LogP contribution in [0.1, 0.15) is 23.7 Å². The minimum absolute atomic E-state index is 0.142. The Kier molecular flexibility index (Phi) is 6.59. The van der Waals surface area contributed by atoms with Gasteiger partial charge in [-0.3, -0.25) is 0 Å². The van der Waals surface area contributed by atoms with Crippen LogP contribution in [0.5, 0.6) is 0 Å². The Morgan fingerprint density at radius 1 is 1.12 bits per heavy atom.